The van der Waals surface area contributed by atoms with E-state index < -0.39 is 12.1 Å². The highest BCUT2D eigenvalue weighted by Crippen LogP contribution is 2.37. The topological polar surface area (TPSA) is 38.1 Å². The summed E-state index contributed by atoms with van der Waals surface area (Å²) in [6, 6.07) is 0.152. The minimum absolute atomic E-state index is 0.152. The van der Waals surface area contributed by atoms with E-state index in [0.717, 1.165) is 0 Å². The molecule has 1 aliphatic rings. The Balaban J connectivity index is 1.72. The lowest BCUT2D eigenvalue weighted by molar-refractivity contribution is -0.182. The molecule has 2 rings (SSSR count). The van der Waals surface area contributed by atoms with Crippen LogP contribution in [-0.4, -0.2) is 17.2 Å². The first-order chi connectivity index (χ1) is 8.05. The summed E-state index contributed by atoms with van der Waals surface area (Å²) in [6.07, 6.45) is 0.494. The van der Waals surface area contributed by atoms with Crippen LogP contribution in [0.3, 0.4) is 0 Å². The van der Waals surface area contributed by atoms with E-state index >= 15 is 0 Å². The monoisotopic (exact) mass is 248 g/mol. The predicted octanol–water partition coefficient (Wildman–Crippen LogP) is 2.89. The number of oxazole rings is 1. The molecule has 0 aromatic carbocycles. The summed E-state index contributed by atoms with van der Waals surface area (Å²) in [5, 5.41) is 3.19. The van der Waals surface area contributed by atoms with Gasteiger partial charge in [0.15, 0.2) is 6.39 Å². The summed E-state index contributed by atoms with van der Waals surface area (Å²) in [4.78, 5) is 3.77. The van der Waals surface area contributed by atoms with Gasteiger partial charge < -0.3 is 9.73 Å². The van der Waals surface area contributed by atoms with Gasteiger partial charge in [-0.05, 0) is 25.7 Å². The van der Waals surface area contributed by atoms with Crippen molar-refractivity contribution in [3.05, 3.63) is 18.4 Å². The van der Waals surface area contributed by atoms with Crippen molar-refractivity contribution in [3.8, 4) is 0 Å². The zero-order chi connectivity index (χ0) is 12.3. The van der Waals surface area contributed by atoms with Crippen LogP contribution in [0.1, 0.15) is 31.4 Å². The zero-order valence-corrected chi connectivity index (χ0v) is 9.33. The molecule has 3 nitrogen and oxygen atoms in total. The van der Waals surface area contributed by atoms with Crippen LogP contribution in [0.2, 0.25) is 0 Å². The number of alkyl halides is 3. The molecule has 0 bridgehead atoms. The van der Waals surface area contributed by atoms with Crippen LogP contribution in [0, 0.1) is 5.92 Å². The van der Waals surface area contributed by atoms with Crippen LogP contribution in [0.5, 0.6) is 0 Å². The minimum atomic E-state index is -4.03. The number of nitrogens with one attached hydrogen (secondary N) is 1. The van der Waals surface area contributed by atoms with Gasteiger partial charge in [0.2, 0.25) is 0 Å². The standard InChI is InChI=1S/C11H15F3N2O/c12-11(13,14)8-1-3-9(4-2-8)16-6-10-5-15-7-17-10/h5,7-9,16H,1-4,6H2. The lowest BCUT2D eigenvalue weighted by atomic mass is 9.85. The molecule has 1 heterocycles. The Bertz CT molecular complexity index is 329. The smallest absolute Gasteiger partial charge is 0.391 e. The number of hydrogen-bond donors (Lipinski definition) is 1. The number of nitrogens with zero attached hydrogens (tertiary/aromatic N) is 1. The second-order valence-corrected chi connectivity index (χ2v) is 4.44. The highest BCUT2D eigenvalue weighted by molar-refractivity contribution is 4.89. The SMILES string of the molecule is FC(F)(F)C1CCC(NCc2cnco2)CC1. The van der Waals surface area contributed by atoms with Crippen molar-refractivity contribution in [1.82, 2.24) is 10.3 Å². The Morgan fingerprint density at radius 2 is 2.00 bits per heavy atom. The molecular weight excluding hydrogens is 233 g/mol. The summed E-state index contributed by atoms with van der Waals surface area (Å²) < 4.78 is 42.3. The molecule has 0 spiro atoms. The van der Waals surface area contributed by atoms with Crippen molar-refractivity contribution in [2.75, 3.05) is 0 Å². The third-order valence-electron chi connectivity index (χ3n) is 3.24. The Labute approximate surface area is 97.4 Å². The van der Waals surface area contributed by atoms with Gasteiger partial charge in [0, 0.05) is 6.04 Å². The van der Waals surface area contributed by atoms with E-state index in [0.29, 0.717) is 25.1 Å². The van der Waals surface area contributed by atoms with Crippen LogP contribution in [0.15, 0.2) is 17.0 Å². The molecule has 96 valence electrons. The van der Waals surface area contributed by atoms with Gasteiger partial charge in [-0.3, -0.25) is 0 Å². The number of rotatable bonds is 3. The van der Waals surface area contributed by atoms with Gasteiger partial charge in [-0.1, -0.05) is 0 Å². The first-order valence-corrected chi connectivity index (χ1v) is 5.73. The number of halogens is 3. The molecule has 17 heavy (non-hydrogen) atoms. The second-order valence-electron chi connectivity index (χ2n) is 4.44. The van der Waals surface area contributed by atoms with Crippen molar-refractivity contribution in [3.63, 3.8) is 0 Å². The van der Waals surface area contributed by atoms with Crippen LogP contribution in [0.25, 0.3) is 0 Å². The maximum atomic E-state index is 12.4. The molecule has 0 amide bonds. The molecule has 0 atom stereocenters. The number of hydrogen-bond acceptors (Lipinski definition) is 3. The highest BCUT2D eigenvalue weighted by Gasteiger charge is 2.41. The number of aromatic nitrogens is 1. The molecule has 1 fully saturated rings. The average molecular weight is 248 g/mol. The van der Waals surface area contributed by atoms with Gasteiger partial charge in [-0.15, -0.1) is 0 Å². The Kier molecular flexibility index (Phi) is 3.71. The fraction of sp³-hybridized carbons (Fsp3) is 0.727. The van der Waals surface area contributed by atoms with Gasteiger partial charge in [-0.25, -0.2) is 4.98 Å². The summed E-state index contributed by atoms with van der Waals surface area (Å²) in [6.45, 7) is 0.529. The largest absolute Gasteiger partial charge is 0.447 e. The molecular formula is C11H15F3N2O. The molecule has 6 heteroatoms. The molecule has 0 aliphatic heterocycles. The quantitative estimate of drug-likeness (QED) is 0.893. The minimum Gasteiger partial charge on any atom is -0.447 e. The first kappa shape index (κ1) is 12.4. The maximum absolute atomic E-state index is 12.4. The molecule has 0 saturated heterocycles. The summed E-state index contributed by atoms with van der Waals surface area (Å²) in [5.41, 5.74) is 0. The van der Waals surface area contributed by atoms with E-state index in [2.05, 4.69) is 10.3 Å². The van der Waals surface area contributed by atoms with Crippen molar-refractivity contribution < 1.29 is 17.6 Å². The van der Waals surface area contributed by atoms with E-state index in [4.69, 9.17) is 4.42 Å². The summed E-state index contributed by atoms with van der Waals surface area (Å²) in [7, 11) is 0. The normalized spacial score (nSPS) is 26.1. The Morgan fingerprint density at radius 1 is 1.29 bits per heavy atom. The van der Waals surface area contributed by atoms with E-state index in [-0.39, 0.29) is 18.9 Å². The molecule has 0 radical (unpaired) electrons. The third kappa shape index (κ3) is 3.46. The molecule has 1 aromatic heterocycles. The average Bonchev–Trinajstić information content (AvgIpc) is 2.78. The summed E-state index contributed by atoms with van der Waals surface area (Å²) in [5.74, 6) is -0.409. The van der Waals surface area contributed by atoms with Gasteiger partial charge in [0.05, 0.1) is 18.7 Å². The molecule has 1 aromatic rings. The van der Waals surface area contributed by atoms with Crippen LogP contribution < -0.4 is 5.32 Å². The van der Waals surface area contributed by atoms with Crippen molar-refractivity contribution in [2.45, 2.75) is 44.4 Å². The van der Waals surface area contributed by atoms with Crippen molar-refractivity contribution in [1.29, 1.82) is 0 Å². The fourth-order valence-corrected chi connectivity index (χ4v) is 2.20. The molecule has 1 aliphatic carbocycles. The van der Waals surface area contributed by atoms with E-state index in [1.54, 1.807) is 6.20 Å². The van der Waals surface area contributed by atoms with Gasteiger partial charge >= 0.3 is 6.18 Å². The maximum Gasteiger partial charge on any atom is 0.391 e. The molecule has 0 unspecified atom stereocenters. The van der Waals surface area contributed by atoms with Gasteiger partial charge in [-0.2, -0.15) is 13.2 Å². The van der Waals surface area contributed by atoms with Crippen molar-refractivity contribution >= 4 is 0 Å². The molecule has 1 N–H and O–H groups in total. The van der Waals surface area contributed by atoms with Gasteiger partial charge in [0.25, 0.3) is 0 Å². The third-order valence-corrected chi connectivity index (χ3v) is 3.24. The van der Waals surface area contributed by atoms with Crippen LogP contribution in [0.4, 0.5) is 13.2 Å². The highest BCUT2D eigenvalue weighted by atomic mass is 19.4. The van der Waals surface area contributed by atoms with Gasteiger partial charge in [0.1, 0.15) is 5.76 Å². The van der Waals surface area contributed by atoms with Crippen LogP contribution >= 0.6 is 0 Å². The van der Waals surface area contributed by atoms with E-state index in [9.17, 15) is 13.2 Å². The zero-order valence-electron chi connectivity index (χ0n) is 9.33. The second kappa shape index (κ2) is 5.08. The van der Waals surface area contributed by atoms with Crippen molar-refractivity contribution in [2.24, 2.45) is 5.92 Å². The molecule has 1 saturated carbocycles. The lowest BCUT2D eigenvalue weighted by Gasteiger charge is -2.30. The predicted molar refractivity (Wildman–Crippen MR) is 55.1 cm³/mol. The van der Waals surface area contributed by atoms with Crippen LogP contribution in [-0.2, 0) is 6.54 Å². The van der Waals surface area contributed by atoms with E-state index in [1.165, 1.54) is 6.39 Å². The van der Waals surface area contributed by atoms with E-state index in [1.807, 2.05) is 0 Å². The Hall–Kier alpha value is -1.04. The fourth-order valence-electron chi connectivity index (χ4n) is 2.20. The lowest BCUT2D eigenvalue weighted by Crippen LogP contribution is -2.36. The first-order valence-electron chi connectivity index (χ1n) is 5.73. The Morgan fingerprint density at radius 3 is 2.53 bits per heavy atom. The summed E-state index contributed by atoms with van der Waals surface area (Å²) >= 11 is 0.